The Morgan fingerprint density at radius 3 is 2.46 bits per heavy atom. The summed E-state index contributed by atoms with van der Waals surface area (Å²) in [6.45, 7) is 13.0. The molecule has 17 heteroatoms. The molecule has 372 valence electrons. The van der Waals surface area contributed by atoms with Gasteiger partial charge in [-0.3, -0.25) is 19.8 Å². The van der Waals surface area contributed by atoms with Crippen molar-refractivity contribution >= 4 is 44.0 Å². The zero-order chi connectivity index (χ0) is 49.1. The number of fused-ring (bicyclic) bond motifs is 2. The molecule has 4 N–H and O–H groups in total. The van der Waals surface area contributed by atoms with Crippen molar-refractivity contribution in [1.29, 1.82) is 0 Å². The second-order valence-electron chi connectivity index (χ2n) is 21.3. The molecule has 70 heavy (non-hydrogen) atoms. The van der Waals surface area contributed by atoms with Crippen LogP contribution in [0.1, 0.15) is 132 Å². The van der Waals surface area contributed by atoms with Crippen LogP contribution in [0.3, 0.4) is 0 Å². The number of likely N-dealkylation sites (tertiary alicyclic amines) is 1. The molecule has 5 heterocycles. The number of H-pyrrole nitrogens is 1. The van der Waals surface area contributed by atoms with Crippen molar-refractivity contribution < 1.29 is 37.5 Å². The number of nitrogens with zero attached hydrogens (tertiary/aromatic N) is 4. The topological polar surface area (TPSA) is 201 Å². The molecule has 10 rings (SSSR count). The molecule has 3 aliphatic heterocycles. The van der Waals surface area contributed by atoms with Gasteiger partial charge in [0.05, 0.1) is 33.1 Å². The smallest absolute Gasteiger partial charge is 0.297 e. The molecule has 2 aromatic heterocycles. The van der Waals surface area contributed by atoms with E-state index in [0.717, 1.165) is 49.6 Å². The number of nitro groups is 1. The standard InChI is InChI=1S/C53H65N7O9S/c1-32(2)39-9-6-7-10-40(39)43-11-8-22-59(43)37-29-53(30-37)19-23-58(24-20-53)36-12-13-41(45(26-36)69-47-25-35-16-21-54-49(35)56-51(47)68-33(3)4)50(61)57-70(65,66)38-27-44(60(63)64)48-46(28-38)67-31-42(55-48)34-14-17-52(5,62)18-15-34/h6-7,9-10,12-13,16,21,25-28,32-34,37,42-43,55,62H,8,11,14-15,17-20,22-24,29-31H2,1-5H3,(H,54,56)(H,57,61)/t34-,42-,43-,52-/m1/s1. The maximum absolute atomic E-state index is 14.3. The minimum Gasteiger partial charge on any atom is -0.489 e. The predicted octanol–water partition coefficient (Wildman–Crippen LogP) is 9.99. The first-order valence-corrected chi connectivity index (χ1v) is 26.5. The van der Waals surface area contributed by atoms with E-state index < -0.39 is 37.0 Å². The summed E-state index contributed by atoms with van der Waals surface area (Å²) in [4.78, 5) is 38.5. The number of sulfonamides is 1. The summed E-state index contributed by atoms with van der Waals surface area (Å²) in [6.07, 6.45) is 10.9. The summed E-state index contributed by atoms with van der Waals surface area (Å²) in [5, 5.41) is 26.9. The first-order valence-electron chi connectivity index (χ1n) is 25.0. The number of benzene rings is 3. The molecule has 1 spiro atoms. The highest BCUT2D eigenvalue weighted by Crippen LogP contribution is 2.54. The molecule has 0 bridgehead atoms. The number of amides is 1. The van der Waals surface area contributed by atoms with E-state index in [4.69, 9.17) is 14.2 Å². The van der Waals surface area contributed by atoms with E-state index in [9.17, 15) is 28.4 Å². The van der Waals surface area contributed by atoms with Crippen LogP contribution in [0.25, 0.3) is 11.0 Å². The molecular weight excluding hydrogens is 911 g/mol. The molecule has 0 unspecified atom stereocenters. The van der Waals surface area contributed by atoms with Crippen molar-refractivity contribution in [2.45, 2.75) is 139 Å². The molecule has 2 saturated heterocycles. The van der Waals surface area contributed by atoms with Gasteiger partial charge >= 0.3 is 0 Å². The molecule has 1 amide bonds. The third-order valence-corrected chi connectivity index (χ3v) is 17.0. The number of nitrogens with one attached hydrogen (secondary N) is 3. The van der Waals surface area contributed by atoms with E-state index in [1.54, 1.807) is 24.4 Å². The minimum atomic E-state index is -4.71. The van der Waals surface area contributed by atoms with E-state index in [1.165, 1.54) is 42.9 Å². The molecule has 4 fully saturated rings. The average molecular weight is 976 g/mol. The van der Waals surface area contributed by atoms with Crippen molar-refractivity contribution in [3.63, 3.8) is 0 Å². The van der Waals surface area contributed by atoms with Gasteiger partial charge in [-0.25, -0.2) is 13.1 Å². The summed E-state index contributed by atoms with van der Waals surface area (Å²) in [6, 6.07) is 20.6. The second kappa shape index (κ2) is 18.7. The Bertz CT molecular complexity index is 2890. The predicted molar refractivity (Wildman–Crippen MR) is 268 cm³/mol. The first kappa shape index (κ1) is 47.8. The van der Waals surface area contributed by atoms with Gasteiger partial charge in [0.1, 0.15) is 18.0 Å². The highest BCUT2D eigenvalue weighted by atomic mass is 32.2. The van der Waals surface area contributed by atoms with Crippen molar-refractivity contribution in [2.75, 3.05) is 36.5 Å². The minimum absolute atomic E-state index is 0.00632. The highest BCUT2D eigenvalue weighted by molar-refractivity contribution is 7.90. The largest absolute Gasteiger partial charge is 0.489 e. The Labute approximate surface area is 409 Å². The Morgan fingerprint density at radius 1 is 0.971 bits per heavy atom. The van der Waals surface area contributed by atoms with Crippen LogP contribution in [0.5, 0.6) is 23.1 Å². The van der Waals surface area contributed by atoms with Gasteiger partial charge in [-0.2, -0.15) is 4.98 Å². The maximum Gasteiger partial charge on any atom is 0.297 e. The average Bonchev–Trinajstić information content (AvgIpc) is 4.00. The van der Waals surface area contributed by atoms with E-state index >= 15 is 0 Å². The Hall–Kier alpha value is -5.91. The Balaban J connectivity index is 0.888. The van der Waals surface area contributed by atoms with Crippen molar-refractivity contribution in [3.8, 4) is 23.1 Å². The number of aromatic amines is 1. The van der Waals surface area contributed by atoms with Gasteiger partial charge in [-0.15, -0.1) is 0 Å². The third kappa shape index (κ3) is 9.51. The highest BCUT2D eigenvalue weighted by Gasteiger charge is 2.50. The van der Waals surface area contributed by atoms with Gasteiger partial charge in [0.15, 0.2) is 17.2 Å². The van der Waals surface area contributed by atoms with Crippen molar-refractivity contribution in [1.82, 2.24) is 19.6 Å². The normalized spacial score (nSPS) is 23.7. The summed E-state index contributed by atoms with van der Waals surface area (Å²) in [5.41, 5.74) is 3.36. The lowest BCUT2D eigenvalue weighted by Crippen LogP contribution is -2.54. The number of aromatic nitrogens is 2. The number of nitro benzene ring substituents is 1. The van der Waals surface area contributed by atoms with Gasteiger partial charge in [-0.05, 0) is 144 Å². The third-order valence-electron chi connectivity index (χ3n) is 15.7. The second-order valence-corrected chi connectivity index (χ2v) is 23.0. The molecule has 2 aliphatic carbocycles. The molecule has 16 nitrogen and oxygen atoms in total. The van der Waals surface area contributed by atoms with Crippen LogP contribution < -0.4 is 29.1 Å². The summed E-state index contributed by atoms with van der Waals surface area (Å²) in [5.74, 6) is 0.0839. The molecular formula is C53H65N7O9S. The number of ether oxygens (including phenoxy) is 3. The van der Waals surface area contributed by atoms with Crippen molar-refractivity contribution in [2.24, 2.45) is 11.3 Å². The van der Waals surface area contributed by atoms with Crippen LogP contribution in [0.15, 0.2) is 77.8 Å². The molecule has 5 aromatic rings. The monoisotopic (exact) mass is 975 g/mol. The fraction of sp³-hybridized carbons (Fsp3) is 0.509. The lowest BCUT2D eigenvalue weighted by molar-refractivity contribution is -0.384. The van der Waals surface area contributed by atoms with Crippen LogP contribution in [0.2, 0.25) is 0 Å². The maximum atomic E-state index is 14.3. The van der Waals surface area contributed by atoms with E-state index in [0.29, 0.717) is 49.3 Å². The van der Waals surface area contributed by atoms with Gasteiger partial charge < -0.3 is 34.5 Å². The molecule has 3 aromatic carbocycles. The first-order chi connectivity index (χ1) is 33.4. The zero-order valence-electron chi connectivity index (χ0n) is 40.7. The number of hydrogen-bond donors (Lipinski definition) is 4. The number of rotatable bonds is 13. The molecule has 0 radical (unpaired) electrons. The van der Waals surface area contributed by atoms with Crippen LogP contribution in [0, 0.1) is 21.4 Å². The van der Waals surface area contributed by atoms with Gasteiger partial charge in [0.25, 0.3) is 27.5 Å². The van der Waals surface area contributed by atoms with Gasteiger partial charge in [-0.1, -0.05) is 38.1 Å². The van der Waals surface area contributed by atoms with Crippen LogP contribution in [-0.2, 0) is 10.0 Å². The number of anilines is 2. The zero-order valence-corrected chi connectivity index (χ0v) is 41.5. The lowest BCUT2D eigenvalue weighted by atomic mass is 9.59. The fourth-order valence-corrected chi connectivity index (χ4v) is 12.8. The summed E-state index contributed by atoms with van der Waals surface area (Å²) < 4.78 is 49.1. The number of aliphatic hydroxyl groups is 1. The van der Waals surface area contributed by atoms with Gasteiger partial charge in [0.2, 0.25) is 0 Å². The summed E-state index contributed by atoms with van der Waals surface area (Å²) in [7, 11) is -4.71. The van der Waals surface area contributed by atoms with E-state index in [-0.39, 0.29) is 64.5 Å². The number of hydrogen-bond acceptors (Lipinski definition) is 13. The lowest BCUT2D eigenvalue weighted by Gasteiger charge is -2.56. The van der Waals surface area contributed by atoms with E-state index in [2.05, 4.69) is 67.9 Å². The number of carbonyl (C=O) groups excluding carboxylic acids is 1. The number of piperidine rings is 1. The molecule has 5 aliphatic rings. The Kier molecular flexibility index (Phi) is 12.7. The Morgan fingerprint density at radius 2 is 1.73 bits per heavy atom. The molecule has 2 saturated carbocycles. The number of pyridine rings is 1. The van der Waals surface area contributed by atoms with Crippen LogP contribution >= 0.6 is 0 Å². The quantitative estimate of drug-likeness (QED) is 0.0642. The van der Waals surface area contributed by atoms with Crippen LogP contribution in [-0.4, -0.2) is 89.3 Å². The number of carbonyl (C=O) groups is 1. The van der Waals surface area contributed by atoms with Crippen LogP contribution in [0.4, 0.5) is 17.1 Å². The SMILES string of the molecule is CC(C)Oc1nc2[nH]ccc2cc1Oc1cc(N2CCC3(CC2)CC(N2CCC[C@@H]2c2ccccc2C(C)C)C3)ccc1C(=O)NS(=O)(=O)c1cc2c(c([N+](=O)[O-])c1)N[C@@H]([C@H]1CC[C@](C)(O)CC1)CO2. The van der Waals surface area contributed by atoms with E-state index in [1.807, 2.05) is 32.9 Å². The van der Waals surface area contributed by atoms with Crippen molar-refractivity contribution in [3.05, 3.63) is 99.7 Å². The fourth-order valence-electron chi connectivity index (χ4n) is 11.8. The summed E-state index contributed by atoms with van der Waals surface area (Å²) >= 11 is 0. The van der Waals surface area contributed by atoms with Gasteiger partial charge in [0, 0.05) is 60.6 Å². The molecule has 2 atom stereocenters.